The Hall–Kier alpha value is -3.67. The van der Waals surface area contributed by atoms with E-state index in [0.29, 0.717) is 25.7 Å². The summed E-state index contributed by atoms with van der Waals surface area (Å²) in [6.45, 7) is 6.29. The summed E-state index contributed by atoms with van der Waals surface area (Å²) in [7, 11) is 0. The zero-order valence-electron chi connectivity index (χ0n) is 36.6. The summed E-state index contributed by atoms with van der Waals surface area (Å²) >= 11 is 0. The maximum atomic E-state index is 12.7. The van der Waals surface area contributed by atoms with Crippen molar-refractivity contribution in [3.05, 3.63) is 97.2 Å². The third-order valence-corrected chi connectivity index (χ3v) is 9.08. The van der Waals surface area contributed by atoms with E-state index in [0.717, 1.165) is 96.3 Å². The van der Waals surface area contributed by atoms with Gasteiger partial charge < -0.3 is 14.2 Å². The van der Waals surface area contributed by atoms with Gasteiger partial charge in [0.05, 0.1) is 0 Å². The monoisotopic (exact) mass is 791 g/mol. The second kappa shape index (κ2) is 45.0. The van der Waals surface area contributed by atoms with Crippen molar-refractivity contribution in [1.29, 1.82) is 0 Å². The highest BCUT2D eigenvalue weighted by Gasteiger charge is 2.19. The molecule has 0 aliphatic heterocycles. The van der Waals surface area contributed by atoms with Crippen molar-refractivity contribution in [2.45, 2.75) is 194 Å². The Bertz CT molecular complexity index is 1180. The minimum atomic E-state index is -0.813. The Morgan fingerprint density at radius 1 is 0.368 bits per heavy atom. The van der Waals surface area contributed by atoms with Crippen molar-refractivity contribution < 1.29 is 28.6 Å². The number of carbonyl (C=O) groups excluding carboxylic acids is 3. The smallest absolute Gasteiger partial charge is 0.306 e. The molecule has 57 heavy (non-hydrogen) atoms. The molecule has 0 spiro atoms. The van der Waals surface area contributed by atoms with Crippen LogP contribution >= 0.6 is 0 Å². The molecule has 0 saturated carbocycles. The van der Waals surface area contributed by atoms with Crippen molar-refractivity contribution in [3.8, 4) is 0 Å². The molecule has 0 aliphatic rings. The number of hydrogen-bond acceptors (Lipinski definition) is 6. The van der Waals surface area contributed by atoms with Gasteiger partial charge in [0, 0.05) is 19.3 Å². The number of allylic oxidation sites excluding steroid dienone is 16. The van der Waals surface area contributed by atoms with Crippen LogP contribution in [0.3, 0.4) is 0 Å². The summed E-state index contributed by atoms with van der Waals surface area (Å²) in [6, 6.07) is 0. The van der Waals surface area contributed by atoms with E-state index < -0.39 is 6.10 Å². The van der Waals surface area contributed by atoms with Crippen LogP contribution in [-0.2, 0) is 28.6 Å². The largest absolute Gasteiger partial charge is 0.462 e. The van der Waals surface area contributed by atoms with Gasteiger partial charge in [-0.3, -0.25) is 14.4 Å². The van der Waals surface area contributed by atoms with Crippen LogP contribution in [0.25, 0.3) is 0 Å². The Labute approximate surface area is 349 Å². The van der Waals surface area contributed by atoms with E-state index in [1.54, 1.807) is 0 Å². The molecule has 0 unspecified atom stereocenters. The summed E-state index contributed by atoms with van der Waals surface area (Å²) in [5.41, 5.74) is 0. The Morgan fingerprint density at radius 2 is 0.684 bits per heavy atom. The summed E-state index contributed by atoms with van der Waals surface area (Å²) in [4.78, 5) is 37.7. The molecule has 0 radical (unpaired) electrons. The summed E-state index contributed by atoms with van der Waals surface area (Å²) in [5, 5.41) is 0. The van der Waals surface area contributed by atoms with E-state index >= 15 is 0 Å². The van der Waals surface area contributed by atoms with Crippen molar-refractivity contribution in [3.63, 3.8) is 0 Å². The SMILES string of the molecule is CC/C=C\C/C=C\C/C=C\C/C=C\CCCCC(=O)OC[C@@H](COC(=O)CCCCCCCCCCC)OC(=O)CCCC/C=C\C/C=C\C/C=C\C/C=C\CC. The molecule has 0 aromatic carbocycles. The lowest BCUT2D eigenvalue weighted by Gasteiger charge is -2.18. The molecular weight excluding hydrogens is 709 g/mol. The molecule has 6 heteroatoms. The first kappa shape index (κ1) is 53.3. The van der Waals surface area contributed by atoms with Gasteiger partial charge in [0.2, 0.25) is 0 Å². The molecule has 6 nitrogen and oxygen atoms in total. The number of unbranched alkanes of at least 4 members (excludes halogenated alkanes) is 12. The van der Waals surface area contributed by atoms with Crippen LogP contribution < -0.4 is 0 Å². The summed E-state index contributed by atoms with van der Waals surface area (Å²) < 4.78 is 16.6. The molecule has 0 aromatic heterocycles. The Morgan fingerprint density at radius 3 is 1.07 bits per heavy atom. The first-order valence-corrected chi connectivity index (χ1v) is 22.7. The van der Waals surface area contributed by atoms with Crippen molar-refractivity contribution in [2.75, 3.05) is 13.2 Å². The van der Waals surface area contributed by atoms with Crippen LogP contribution in [0.4, 0.5) is 0 Å². The maximum absolute atomic E-state index is 12.7. The van der Waals surface area contributed by atoms with E-state index in [1.165, 1.54) is 38.5 Å². The van der Waals surface area contributed by atoms with Gasteiger partial charge in [-0.05, 0) is 96.3 Å². The molecule has 322 valence electrons. The van der Waals surface area contributed by atoms with Gasteiger partial charge in [0.15, 0.2) is 6.10 Å². The molecule has 0 heterocycles. The average Bonchev–Trinajstić information content (AvgIpc) is 3.21. The average molecular weight is 791 g/mol. The fourth-order valence-corrected chi connectivity index (χ4v) is 5.72. The summed E-state index contributed by atoms with van der Waals surface area (Å²) in [5.74, 6) is -1.01. The fourth-order valence-electron chi connectivity index (χ4n) is 5.72. The standard InChI is InChI=1S/C51H82O6/c1-4-7-10-13-16-19-21-23-25-27-29-32-35-38-41-44-50(53)56-47-48(46-55-49(52)43-40-37-34-31-18-15-12-9-6-3)57-51(54)45-42-39-36-33-30-28-26-24-22-20-17-14-11-8-5-2/h7-8,10-11,16-17,19-20,23-26,29-30,32-33,48H,4-6,9,12-15,18,21-22,27-28,31,34-47H2,1-3H3/b10-7-,11-8-,19-16-,20-17-,25-23-,26-24-,32-29-,33-30-/t48-/m1/s1. The Balaban J connectivity index is 4.53. The lowest BCUT2D eigenvalue weighted by Crippen LogP contribution is -2.30. The van der Waals surface area contributed by atoms with Crippen molar-refractivity contribution >= 4 is 17.9 Å². The third kappa shape index (κ3) is 43.3. The van der Waals surface area contributed by atoms with E-state index in [-0.39, 0.29) is 37.5 Å². The third-order valence-electron chi connectivity index (χ3n) is 9.08. The molecule has 0 aliphatic carbocycles. The highest BCUT2D eigenvalue weighted by Crippen LogP contribution is 2.12. The quantitative estimate of drug-likeness (QED) is 0.0267. The van der Waals surface area contributed by atoms with E-state index in [2.05, 4.69) is 118 Å². The second-order valence-corrected chi connectivity index (χ2v) is 14.5. The highest BCUT2D eigenvalue weighted by atomic mass is 16.6. The molecule has 0 amide bonds. The van der Waals surface area contributed by atoms with Crippen molar-refractivity contribution in [2.24, 2.45) is 0 Å². The minimum Gasteiger partial charge on any atom is -0.462 e. The number of carbonyl (C=O) groups is 3. The molecule has 0 bridgehead atoms. The molecule has 1 atom stereocenters. The second-order valence-electron chi connectivity index (χ2n) is 14.5. The minimum absolute atomic E-state index is 0.108. The van der Waals surface area contributed by atoms with Crippen LogP contribution in [-0.4, -0.2) is 37.2 Å². The maximum Gasteiger partial charge on any atom is 0.306 e. The van der Waals surface area contributed by atoms with Crippen LogP contribution in [0.2, 0.25) is 0 Å². The first-order valence-electron chi connectivity index (χ1n) is 22.7. The van der Waals surface area contributed by atoms with Crippen LogP contribution in [0, 0.1) is 0 Å². The number of rotatable bonds is 39. The molecule has 0 fully saturated rings. The predicted octanol–water partition coefficient (Wildman–Crippen LogP) is 14.6. The zero-order chi connectivity index (χ0) is 41.5. The van der Waals surface area contributed by atoms with Gasteiger partial charge in [0.25, 0.3) is 0 Å². The Kier molecular flexibility index (Phi) is 42.1. The van der Waals surface area contributed by atoms with Gasteiger partial charge in [-0.15, -0.1) is 0 Å². The first-order chi connectivity index (χ1) is 28.0. The van der Waals surface area contributed by atoms with Gasteiger partial charge in [-0.2, -0.15) is 0 Å². The lowest BCUT2D eigenvalue weighted by molar-refractivity contribution is -0.167. The predicted molar refractivity (Wildman–Crippen MR) is 242 cm³/mol. The number of hydrogen-bond donors (Lipinski definition) is 0. The van der Waals surface area contributed by atoms with E-state index in [9.17, 15) is 14.4 Å². The highest BCUT2D eigenvalue weighted by molar-refractivity contribution is 5.71. The van der Waals surface area contributed by atoms with Crippen LogP contribution in [0.1, 0.15) is 188 Å². The molecule has 0 rings (SSSR count). The summed E-state index contributed by atoms with van der Waals surface area (Å²) in [6.07, 6.45) is 58.2. The molecular formula is C51H82O6. The number of esters is 3. The van der Waals surface area contributed by atoms with Gasteiger partial charge in [-0.25, -0.2) is 0 Å². The van der Waals surface area contributed by atoms with E-state index in [1.807, 2.05) is 0 Å². The number of ether oxygens (including phenoxy) is 3. The molecule has 0 aromatic rings. The molecule has 0 saturated heterocycles. The zero-order valence-corrected chi connectivity index (χ0v) is 36.6. The lowest BCUT2D eigenvalue weighted by atomic mass is 10.1. The molecule has 0 N–H and O–H groups in total. The topological polar surface area (TPSA) is 78.9 Å². The fraction of sp³-hybridized carbons (Fsp3) is 0.627. The van der Waals surface area contributed by atoms with Gasteiger partial charge in [-0.1, -0.05) is 169 Å². The van der Waals surface area contributed by atoms with Crippen LogP contribution in [0.15, 0.2) is 97.2 Å². The normalized spacial score (nSPS) is 13.0. The van der Waals surface area contributed by atoms with Gasteiger partial charge >= 0.3 is 17.9 Å². The van der Waals surface area contributed by atoms with Gasteiger partial charge in [0.1, 0.15) is 13.2 Å². The van der Waals surface area contributed by atoms with Crippen LogP contribution in [0.5, 0.6) is 0 Å². The van der Waals surface area contributed by atoms with Crippen molar-refractivity contribution in [1.82, 2.24) is 0 Å². The van der Waals surface area contributed by atoms with E-state index in [4.69, 9.17) is 14.2 Å².